The summed E-state index contributed by atoms with van der Waals surface area (Å²) in [6.07, 6.45) is 0. The van der Waals surface area contributed by atoms with Crippen LogP contribution >= 0.6 is 15.9 Å². The zero-order chi connectivity index (χ0) is 15.1. The Hall–Kier alpha value is -1.69. The predicted molar refractivity (Wildman–Crippen MR) is 86.8 cm³/mol. The standard InChI is InChI=1S/C16H17BrN2O2/c17-14-6-1-2-7-15(14)19-16(21)10-18-9-12-4-3-5-13(8-12)11-20/h1-8,18,20H,9-11H2,(H,19,21). The fraction of sp³-hybridized carbons (Fsp3) is 0.188. The van der Waals surface area contributed by atoms with Gasteiger partial charge in [0.05, 0.1) is 18.8 Å². The molecule has 2 rings (SSSR count). The number of benzene rings is 2. The SMILES string of the molecule is O=C(CNCc1cccc(CO)c1)Nc1ccccc1Br. The molecule has 21 heavy (non-hydrogen) atoms. The number of nitrogens with one attached hydrogen (secondary N) is 2. The van der Waals surface area contributed by atoms with E-state index >= 15 is 0 Å². The highest BCUT2D eigenvalue weighted by atomic mass is 79.9. The van der Waals surface area contributed by atoms with E-state index in [4.69, 9.17) is 5.11 Å². The number of aliphatic hydroxyl groups excluding tert-OH is 1. The maximum atomic E-state index is 11.8. The molecule has 0 saturated heterocycles. The van der Waals surface area contributed by atoms with Crippen LogP contribution in [0.2, 0.25) is 0 Å². The first-order valence-corrected chi connectivity index (χ1v) is 7.42. The van der Waals surface area contributed by atoms with Gasteiger partial charge in [0.25, 0.3) is 0 Å². The normalized spacial score (nSPS) is 10.4. The van der Waals surface area contributed by atoms with Crippen LogP contribution in [-0.2, 0) is 17.9 Å². The summed E-state index contributed by atoms with van der Waals surface area (Å²) in [5, 5.41) is 15.0. The lowest BCUT2D eigenvalue weighted by Gasteiger charge is -2.08. The summed E-state index contributed by atoms with van der Waals surface area (Å²) in [6, 6.07) is 15.1. The largest absolute Gasteiger partial charge is 0.392 e. The molecule has 0 radical (unpaired) electrons. The molecule has 2 aromatic carbocycles. The van der Waals surface area contributed by atoms with Crippen molar-refractivity contribution in [3.63, 3.8) is 0 Å². The molecule has 0 saturated carbocycles. The van der Waals surface area contributed by atoms with Gasteiger partial charge in [0, 0.05) is 11.0 Å². The number of para-hydroxylation sites is 1. The van der Waals surface area contributed by atoms with Gasteiger partial charge in [-0.2, -0.15) is 0 Å². The molecule has 0 aliphatic rings. The zero-order valence-corrected chi connectivity index (χ0v) is 13.1. The molecule has 2 aromatic rings. The highest BCUT2D eigenvalue weighted by Gasteiger charge is 2.04. The van der Waals surface area contributed by atoms with E-state index in [-0.39, 0.29) is 19.1 Å². The third kappa shape index (κ3) is 4.97. The monoisotopic (exact) mass is 348 g/mol. The second kappa shape index (κ2) is 7.93. The van der Waals surface area contributed by atoms with Crippen molar-refractivity contribution in [2.24, 2.45) is 0 Å². The Morgan fingerprint density at radius 1 is 1.10 bits per heavy atom. The van der Waals surface area contributed by atoms with E-state index in [0.29, 0.717) is 6.54 Å². The number of amides is 1. The van der Waals surface area contributed by atoms with Crippen LogP contribution in [0.3, 0.4) is 0 Å². The van der Waals surface area contributed by atoms with Crippen LogP contribution in [0, 0.1) is 0 Å². The molecule has 0 spiro atoms. The van der Waals surface area contributed by atoms with E-state index in [0.717, 1.165) is 21.3 Å². The summed E-state index contributed by atoms with van der Waals surface area (Å²) in [5.74, 6) is -0.0970. The first-order valence-electron chi connectivity index (χ1n) is 6.63. The third-order valence-electron chi connectivity index (χ3n) is 2.94. The lowest BCUT2D eigenvalue weighted by Crippen LogP contribution is -2.27. The lowest BCUT2D eigenvalue weighted by atomic mass is 10.1. The Morgan fingerprint density at radius 3 is 2.62 bits per heavy atom. The zero-order valence-electron chi connectivity index (χ0n) is 11.5. The fourth-order valence-corrected chi connectivity index (χ4v) is 2.30. The Kier molecular flexibility index (Phi) is 5.92. The number of carbonyl (C=O) groups excluding carboxylic acids is 1. The van der Waals surface area contributed by atoms with E-state index in [9.17, 15) is 4.79 Å². The maximum absolute atomic E-state index is 11.8. The van der Waals surface area contributed by atoms with E-state index in [1.807, 2.05) is 48.5 Å². The minimum Gasteiger partial charge on any atom is -0.392 e. The molecule has 110 valence electrons. The quantitative estimate of drug-likeness (QED) is 0.752. The topological polar surface area (TPSA) is 61.4 Å². The van der Waals surface area contributed by atoms with Gasteiger partial charge in [-0.05, 0) is 39.2 Å². The first-order chi connectivity index (χ1) is 10.2. The summed E-state index contributed by atoms with van der Waals surface area (Å²) in [6.45, 7) is 0.832. The molecule has 0 aliphatic heterocycles. The molecule has 5 heteroatoms. The van der Waals surface area contributed by atoms with Gasteiger partial charge in [-0.3, -0.25) is 4.79 Å². The average Bonchev–Trinajstić information content (AvgIpc) is 2.50. The number of rotatable bonds is 6. The molecule has 0 heterocycles. The van der Waals surface area contributed by atoms with Crippen molar-refractivity contribution in [2.75, 3.05) is 11.9 Å². The van der Waals surface area contributed by atoms with Gasteiger partial charge in [0.2, 0.25) is 5.91 Å². The molecule has 0 aliphatic carbocycles. The number of hydrogen-bond donors (Lipinski definition) is 3. The molecule has 0 atom stereocenters. The van der Waals surface area contributed by atoms with Crippen LogP contribution in [0.1, 0.15) is 11.1 Å². The van der Waals surface area contributed by atoms with Crippen molar-refractivity contribution < 1.29 is 9.90 Å². The van der Waals surface area contributed by atoms with Crippen LogP contribution in [-0.4, -0.2) is 17.6 Å². The average molecular weight is 349 g/mol. The van der Waals surface area contributed by atoms with Gasteiger partial charge in [-0.1, -0.05) is 36.4 Å². The molecular formula is C16H17BrN2O2. The summed E-state index contributed by atoms with van der Waals surface area (Å²) in [5.41, 5.74) is 2.66. The second-order valence-electron chi connectivity index (χ2n) is 4.61. The van der Waals surface area contributed by atoms with E-state index in [1.165, 1.54) is 0 Å². The minimum absolute atomic E-state index is 0.0242. The number of anilines is 1. The Morgan fingerprint density at radius 2 is 1.86 bits per heavy atom. The summed E-state index contributed by atoms with van der Waals surface area (Å²) in [7, 11) is 0. The van der Waals surface area contributed by atoms with Gasteiger partial charge >= 0.3 is 0 Å². The van der Waals surface area contributed by atoms with Crippen molar-refractivity contribution in [3.05, 3.63) is 64.1 Å². The van der Waals surface area contributed by atoms with Crippen LogP contribution in [0.25, 0.3) is 0 Å². The van der Waals surface area contributed by atoms with Crippen LogP contribution in [0.15, 0.2) is 53.0 Å². The summed E-state index contributed by atoms with van der Waals surface area (Å²) < 4.78 is 0.856. The summed E-state index contributed by atoms with van der Waals surface area (Å²) in [4.78, 5) is 11.8. The maximum Gasteiger partial charge on any atom is 0.238 e. The van der Waals surface area contributed by atoms with Gasteiger partial charge in [0.1, 0.15) is 0 Å². The molecule has 1 amide bonds. The number of halogens is 1. The molecule has 0 bridgehead atoms. The first kappa shape index (κ1) is 15.7. The third-order valence-corrected chi connectivity index (χ3v) is 3.63. The van der Waals surface area contributed by atoms with Gasteiger partial charge in [-0.15, -0.1) is 0 Å². The lowest BCUT2D eigenvalue weighted by molar-refractivity contribution is -0.115. The molecule has 4 nitrogen and oxygen atoms in total. The predicted octanol–water partition coefficient (Wildman–Crippen LogP) is 2.67. The molecule has 0 unspecified atom stereocenters. The van der Waals surface area contributed by atoms with Crippen LogP contribution in [0.4, 0.5) is 5.69 Å². The second-order valence-corrected chi connectivity index (χ2v) is 5.46. The Balaban J connectivity index is 1.80. The molecular weight excluding hydrogens is 332 g/mol. The van der Waals surface area contributed by atoms with Crippen molar-refractivity contribution in [3.8, 4) is 0 Å². The van der Waals surface area contributed by atoms with Crippen LogP contribution < -0.4 is 10.6 Å². The number of carbonyl (C=O) groups is 1. The van der Waals surface area contributed by atoms with Crippen molar-refractivity contribution in [1.29, 1.82) is 0 Å². The van der Waals surface area contributed by atoms with Crippen molar-refractivity contribution in [1.82, 2.24) is 5.32 Å². The van der Waals surface area contributed by atoms with Crippen molar-refractivity contribution in [2.45, 2.75) is 13.2 Å². The van der Waals surface area contributed by atoms with Gasteiger partial charge in [-0.25, -0.2) is 0 Å². The van der Waals surface area contributed by atoms with E-state index in [2.05, 4.69) is 26.6 Å². The Bertz CT molecular complexity index is 617. The highest BCUT2D eigenvalue weighted by Crippen LogP contribution is 2.20. The molecule has 3 N–H and O–H groups in total. The van der Waals surface area contributed by atoms with Gasteiger partial charge in [0.15, 0.2) is 0 Å². The van der Waals surface area contributed by atoms with Gasteiger partial charge < -0.3 is 15.7 Å². The number of hydrogen-bond acceptors (Lipinski definition) is 3. The minimum atomic E-state index is -0.0970. The fourth-order valence-electron chi connectivity index (χ4n) is 1.92. The Labute approximate surface area is 132 Å². The summed E-state index contributed by atoms with van der Waals surface area (Å²) >= 11 is 3.39. The molecule has 0 fully saturated rings. The molecule has 0 aromatic heterocycles. The number of aliphatic hydroxyl groups is 1. The smallest absolute Gasteiger partial charge is 0.238 e. The van der Waals surface area contributed by atoms with Crippen LogP contribution in [0.5, 0.6) is 0 Å². The highest BCUT2D eigenvalue weighted by molar-refractivity contribution is 9.10. The van der Waals surface area contributed by atoms with Crippen molar-refractivity contribution >= 4 is 27.5 Å². The van der Waals surface area contributed by atoms with E-state index < -0.39 is 0 Å². The van der Waals surface area contributed by atoms with E-state index in [1.54, 1.807) is 0 Å².